The van der Waals surface area contributed by atoms with Gasteiger partial charge in [-0.1, -0.05) is 12.1 Å². The summed E-state index contributed by atoms with van der Waals surface area (Å²) in [7, 11) is 3.15. The Kier molecular flexibility index (Phi) is 4.00. The summed E-state index contributed by atoms with van der Waals surface area (Å²) in [6.07, 6.45) is 3.28. The summed E-state index contributed by atoms with van der Waals surface area (Å²) in [5.41, 5.74) is 3.05. The molecule has 6 nitrogen and oxygen atoms in total. The Bertz CT molecular complexity index is 694. The second kappa shape index (κ2) is 6.09. The van der Waals surface area contributed by atoms with E-state index in [0.29, 0.717) is 17.3 Å². The number of para-hydroxylation sites is 1. The molecule has 22 heavy (non-hydrogen) atoms. The van der Waals surface area contributed by atoms with Crippen LogP contribution in [0.25, 0.3) is 0 Å². The van der Waals surface area contributed by atoms with E-state index in [0.717, 1.165) is 36.1 Å². The number of H-pyrrole nitrogens is 1. The fourth-order valence-corrected chi connectivity index (χ4v) is 2.86. The van der Waals surface area contributed by atoms with Crippen molar-refractivity contribution >= 4 is 11.7 Å². The zero-order valence-corrected chi connectivity index (χ0v) is 12.7. The van der Waals surface area contributed by atoms with Gasteiger partial charge in [0.2, 0.25) is 5.91 Å². The number of rotatable bonds is 5. The summed E-state index contributed by atoms with van der Waals surface area (Å²) < 4.78 is 10.6. The SMILES string of the molecule is COc1cccc(CC(=O)Nc2n[nH]c3c2CCC3)c1OC. The highest BCUT2D eigenvalue weighted by molar-refractivity contribution is 5.92. The van der Waals surface area contributed by atoms with Gasteiger partial charge < -0.3 is 14.8 Å². The molecule has 0 radical (unpaired) electrons. The molecule has 0 saturated heterocycles. The van der Waals surface area contributed by atoms with Crippen molar-refractivity contribution in [2.24, 2.45) is 0 Å². The Labute approximate surface area is 128 Å². The van der Waals surface area contributed by atoms with Crippen molar-refractivity contribution < 1.29 is 14.3 Å². The van der Waals surface area contributed by atoms with E-state index in [2.05, 4.69) is 15.5 Å². The summed E-state index contributed by atoms with van der Waals surface area (Å²) in [6, 6.07) is 5.51. The zero-order chi connectivity index (χ0) is 15.5. The molecule has 1 aromatic carbocycles. The molecule has 1 heterocycles. The van der Waals surface area contributed by atoms with Gasteiger partial charge in [-0.15, -0.1) is 0 Å². The minimum atomic E-state index is -0.118. The number of carbonyl (C=O) groups excluding carboxylic acids is 1. The summed E-state index contributed by atoms with van der Waals surface area (Å²) in [5.74, 6) is 1.74. The number of benzene rings is 1. The van der Waals surface area contributed by atoms with E-state index >= 15 is 0 Å². The topological polar surface area (TPSA) is 76.2 Å². The molecule has 0 atom stereocenters. The molecule has 0 bridgehead atoms. The maximum atomic E-state index is 12.3. The number of amides is 1. The normalized spacial score (nSPS) is 12.8. The van der Waals surface area contributed by atoms with Gasteiger partial charge in [0, 0.05) is 16.8 Å². The van der Waals surface area contributed by atoms with Gasteiger partial charge in [0.25, 0.3) is 0 Å². The number of methoxy groups -OCH3 is 2. The number of aromatic nitrogens is 2. The highest BCUT2D eigenvalue weighted by Gasteiger charge is 2.20. The minimum absolute atomic E-state index is 0.118. The lowest BCUT2D eigenvalue weighted by Crippen LogP contribution is -2.16. The number of aromatic amines is 1. The Balaban J connectivity index is 1.74. The number of fused-ring (bicyclic) bond motifs is 1. The molecular weight excluding hydrogens is 282 g/mol. The van der Waals surface area contributed by atoms with Crippen LogP contribution in [0.5, 0.6) is 11.5 Å². The van der Waals surface area contributed by atoms with E-state index in [1.807, 2.05) is 12.1 Å². The molecule has 1 amide bonds. The maximum absolute atomic E-state index is 12.3. The summed E-state index contributed by atoms with van der Waals surface area (Å²) in [4.78, 5) is 12.3. The van der Waals surface area contributed by atoms with Crippen LogP contribution in [0.2, 0.25) is 0 Å². The number of anilines is 1. The first-order chi connectivity index (χ1) is 10.7. The number of hydrogen-bond acceptors (Lipinski definition) is 4. The molecule has 0 saturated carbocycles. The van der Waals surface area contributed by atoms with E-state index in [1.54, 1.807) is 20.3 Å². The molecule has 0 spiro atoms. The number of nitrogens with one attached hydrogen (secondary N) is 2. The number of hydrogen-bond donors (Lipinski definition) is 2. The average Bonchev–Trinajstić information content (AvgIpc) is 3.12. The molecule has 0 aliphatic heterocycles. The molecule has 6 heteroatoms. The minimum Gasteiger partial charge on any atom is -0.493 e. The predicted octanol–water partition coefficient (Wildman–Crippen LogP) is 2.10. The Morgan fingerprint density at radius 2 is 2.18 bits per heavy atom. The van der Waals surface area contributed by atoms with Gasteiger partial charge in [-0.3, -0.25) is 9.89 Å². The Morgan fingerprint density at radius 3 is 2.95 bits per heavy atom. The van der Waals surface area contributed by atoms with Gasteiger partial charge in [-0.25, -0.2) is 0 Å². The third-order valence-corrected chi connectivity index (χ3v) is 3.90. The van der Waals surface area contributed by atoms with Crippen molar-refractivity contribution in [2.75, 3.05) is 19.5 Å². The summed E-state index contributed by atoms with van der Waals surface area (Å²) in [6.45, 7) is 0. The zero-order valence-electron chi connectivity index (χ0n) is 12.7. The summed E-state index contributed by atoms with van der Waals surface area (Å²) in [5, 5.41) is 10.1. The number of carbonyl (C=O) groups is 1. The predicted molar refractivity (Wildman–Crippen MR) is 82.5 cm³/mol. The van der Waals surface area contributed by atoms with Crippen LogP contribution in [0.4, 0.5) is 5.82 Å². The third-order valence-electron chi connectivity index (χ3n) is 3.90. The van der Waals surface area contributed by atoms with E-state index in [9.17, 15) is 4.79 Å². The first-order valence-corrected chi connectivity index (χ1v) is 7.28. The average molecular weight is 301 g/mol. The first kappa shape index (κ1) is 14.4. The maximum Gasteiger partial charge on any atom is 0.230 e. The summed E-state index contributed by atoms with van der Waals surface area (Å²) >= 11 is 0. The number of nitrogens with zero attached hydrogens (tertiary/aromatic N) is 1. The highest BCUT2D eigenvalue weighted by Crippen LogP contribution is 2.31. The largest absolute Gasteiger partial charge is 0.493 e. The number of aryl methyl sites for hydroxylation is 1. The van der Waals surface area contributed by atoms with Crippen LogP contribution in [-0.4, -0.2) is 30.3 Å². The molecule has 3 rings (SSSR count). The molecule has 1 aliphatic rings. The van der Waals surface area contributed by atoms with Crippen LogP contribution in [0, 0.1) is 0 Å². The van der Waals surface area contributed by atoms with Crippen molar-refractivity contribution in [2.45, 2.75) is 25.7 Å². The standard InChI is InChI=1S/C16H19N3O3/c1-21-13-8-3-5-10(15(13)22-2)9-14(20)17-16-11-6-4-7-12(11)18-19-16/h3,5,8H,4,6-7,9H2,1-2H3,(H2,17,18,19,20). The van der Waals surface area contributed by atoms with E-state index < -0.39 is 0 Å². The fraction of sp³-hybridized carbons (Fsp3) is 0.375. The fourth-order valence-electron chi connectivity index (χ4n) is 2.86. The van der Waals surface area contributed by atoms with Crippen molar-refractivity contribution in [3.63, 3.8) is 0 Å². The molecule has 1 aliphatic carbocycles. The lowest BCUT2D eigenvalue weighted by molar-refractivity contribution is -0.115. The van der Waals surface area contributed by atoms with Crippen LogP contribution in [-0.2, 0) is 24.1 Å². The van der Waals surface area contributed by atoms with E-state index in [-0.39, 0.29) is 12.3 Å². The van der Waals surface area contributed by atoms with Crippen LogP contribution < -0.4 is 14.8 Å². The van der Waals surface area contributed by atoms with Crippen LogP contribution >= 0.6 is 0 Å². The van der Waals surface area contributed by atoms with Crippen molar-refractivity contribution in [1.82, 2.24) is 10.2 Å². The lowest BCUT2D eigenvalue weighted by Gasteiger charge is -2.12. The third kappa shape index (κ3) is 2.64. The molecule has 2 N–H and O–H groups in total. The molecule has 0 unspecified atom stereocenters. The lowest BCUT2D eigenvalue weighted by atomic mass is 10.1. The monoisotopic (exact) mass is 301 g/mol. The van der Waals surface area contributed by atoms with Crippen molar-refractivity contribution in [1.29, 1.82) is 0 Å². The molecular formula is C16H19N3O3. The Hall–Kier alpha value is -2.50. The first-order valence-electron chi connectivity index (χ1n) is 7.28. The van der Waals surface area contributed by atoms with Gasteiger partial charge in [0.1, 0.15) is 0 Å². The number of ether oxygens (including phenoxy) is 2. The van der Waals surface area contributed by atoms with Crippen LogP contribution in [0.15, 0.2) is 18.2 Å². The molecule has 2 aromatic rings. The highest BCUT2D eigenvalue weighted by atomic mass is 16.5. The molecule has 0 fully saturated rings. The second-order valence-electron chi connectivity index (χ2n) is 5.26. The van der Waals surface area contributed by atoms with Crippen LogP contribution in [0.3, 0.4) is 0 Å². The van der Waals surface area contributed by atoms with Gasteiger partial charge >= 0.3 is 0 Å². The molecule has 116 valence electrons. The Morgan fingerprint density at radius 1 is 1.32 bits per heavy atom. The van der Waals surface area contributed by atoms with Gasteiger partial charge in [-0.2, -0.15) is 5.10 Å². The molecule has 1 aromatic heterocycles. The van der Waals surface area contributed by atoms with Crippen LogP contribution in [0.1, 0.15) is 23.2 Å². The van der Waals surface area contributed by atoms with E-state index in [4.69, 9.17) is 9.47 Å². The quantitative estimate of drug-likeness (QED) is 0.886. The van der Waals surface area contributed by atoms with E-state index in [1.165, 1.54) is 0 Å². The van der Waals surface area contributed by atoms with Crippen molar-refractivity contribution in [3.8, 4) is 11.5 Å². The second-order valence-corrected chi connectivity index (χ2v) is 5.26. The smallest absolute Gasteiger partial charge is 0.230 e. The van der Waals surface area contributed by atoms with Gasteiger partial charge in [-0.05, 0) is 25.3 Å². The van der Waals surface area contributed by atoms with Gasteiger partial charge in [0.15, 0.2) is 17.3 Å². The van der Waals surface area contributed by atoms with Gasteiger partial charge in [0.05, 0.1) is 20.6 Å². The van der Waals surface area contributed by atoms with Crippen molar-refractivity contribution in [3.05, 3.63) is 35.0 Å².